The first kappa shape index (κ1) is 14.7. The number of allylic oxidation sites excluding steroid dienone is 2. The summed E-state index contributed by atoms with van der Waals surface area (Å²) in [6, 6.07) is 0. The molecule has 0 N–H and O–H groups in total. The Morgan fingerprint density at radius 3 is 2.12 bits per heavy atom. The molecule has 0 saturated heterocycles. The minimum Gasteiger partial charge on any atom is -0.212 e. The highest BCUT2D eigenvalue weighted by Crippen LogP contribution is 2.28. The lowest BCUT2D eigenvalue weighted by Gasteiger charge is -2.06. The predicted molar refractivity (Wildman–Crippen MR) is 73.8 cm³/mol. The van der Waals surface area contributed by atoms with Crippen LogP contribution in [0, 0.1) is 5.92 Å². The largest absolute Gasteiger partial charge is 0.212 e. The average molecular weight is 240 g/mol. The zero-order valence-electron chi connectivity index (χ0n) is 11.5. The van der Waals surface area contributed by atoms with Crippen LogP contribution in [-0.2, 0) is 0 Å². The molecule has 1 unspecified atom stereocenters. The Balaban J connectivity index is 1.79. The summed E-state index contributed by atoms with van der Waals surface area (Å²) in [5, 5.41) is 0. The van der Waals surface area contributed by atoms with Crippen LogP contribution >= 0.6 is 0 Å². The van der Waals surface area contributed by atoms with Crippen molar-refractivity contribution in [1.82, 2.24) is 0 Å². The van der Waals surface area contributed by atoms with E-state index in [1.165, 1.54) is 64.2 Å². The van der Waals surface area contributed by atoms with E-state index in [4.69, 9.17) is 0 Å². The number of halogens is 1. The molecule has 0 aliphatic heterocycles. The maximum atomic E-state index is 12.8. The topological polar surface area (TPSA) is 0 Å². The van der Waals surface area contributed by atoms with Crippen LogP contribution in [0.25, 0.3) is 0 Å². The van der Waals surface area contributed by atoms with E-state index < -0.39 is 0 Å². The minimum absolute atomic E-state index is 0.130. The van der Waals surface area contributed by atoms with E-state index in [2.05, 4.69) is 6.92 Å². The van der Waals surface area contributed by atoms with E-state index in [1.54, 1.807) is 0 Å². The molecule has 1 aliphatic rings. The molecule has 0 aromatic carbocycles. The minimum atomic E-state index is 0.130. The Morgan fingerprint density at radius 2 is 1.59 bits per heavy atom. The van der Waals surface area contributed by atoms with Crippen LogP contribution in [-0.4, -0.2) is 0 Å². The van der Waals surface area contributed by atoms with Crippen LogP contribution in [0.2, 0.25) is 0 Å². The van der Waals surface area contributed by atoms with Crippen molar-refractivity contribution in [3.63, 3.8) is 0 Å². The third-order valence-electron chi connectivity index (χ3n) is 3.85. The van der Waals surface area contributed by atoms with Gasteiger partial charge in [0.1, 0.15) is 0 Å². The maximum Gasteiger partial charge on any atom is 0.0962 e. The second-order valence-electron chi connectivity index (χ2n) is 5.53. The van der Waals surface area contributed by atoms with Gasteiger partial charge in [0.25, 0.3) is 0 Å². The summed E-state index contributed by atoms with van der Waals surface area (Å²) in [6.45, 7) is 2.26. The van der Waals surface area contributed by atoms with Crippen molar-refractivity contribution < 1.29 is 4.39 Å². The monoisotopic (exact) mass is 240 g/mol. The Hall–Kier alpha value is -0.330. The molecule has 0 aromatic rings. The van der Waals surface area contributed by atoms with Crippen LogP contribution in [0.3, 0.4) is 0 Å². The van der Waals surface area contributed by atoms with Gasteiger partial charge in [-0.05, 0) is 31.3 Å². The summed E-state index contributed by atoms with van der Waals surface area (Å²) in [7, 11) is 0. The quantitative estimate of drug-likeness (QED) is 0.400. The number of rotatable bonds is 10. The van der Waals surface area contributed by atoms with Gasteiger partial charge in [0.2, 0.25) is 0 Å². The number of hydrogen-bond donors (Lipinski definition) is 0. The smallest absolute Gasteiger partial charge is 0.0962 e. The summed E-state index contributed by atoms with van der Waals surface area (Å²) < 4.78 is 12.8. The van der Waals surface area contributed by atoms with Gasteiger partial charge in [0.15, 0.2) is 0 Å². The van der Waals surface area contributed by atoms with Crippen molar-refractivity contribution in [1.29, 1.82) is 0 Å². The van der Waals surface area contributed by atoms with E-state index in [1.807, 2.05) is 6.08 Å². The van der Waals surface area contributed by atoms with Gasteiger partial charge in [0, 0.05) is 0 Å². The Labute approximate surface area is 107 Å². The second-order valence-corrected chi connectivity index (χ2v) is 5.53. The van der Waals surface area contributed by atoms with E-state index in [9.17, 15) is 4.39 Å². The molecule has 17 heavy (non-hydrogen) atoms. The van der Waals surface area contributed by atoms with E-state index in [-0.39, 0.29) is 5.83 Å². The first-order valence-corrected chi connectivity index (χ1v) is 7.69. The van der Waals surface area contributed by atoms with Crippen LogP contribution in [0.1, 0.15) is 84.0 Å². The van der Waals surface area contributed by atoms with Gasteiger partial charge in [-0.15, -0.1) is 0 Å². The summed E-state index contributed by atoms with van der Waals surface area (Å²) in [5.74, 6) is 0.686. The van der Waals surface area contributed by atoms with Gasteiger partial charge in [-0.25, -0.2) is 4.39 Å². The van der Waals surface area contributed by atoms with Gasteiger partial charge in [-0.3, -0.25) is 0 Å². The van der Waals surface area contributed by atoms with Crippen molar-refractivity contribution >= 4 is 0 Å². The molecule has 0 spiro atoms. The fourth-order valence-electron chi connectivity index (χ4n) is 2.69. The highest BCUT2D eigenvalue weighted by molar-refractivity contribution is 5.02. The molecule has 1 atom stereocenters. The first-order chi connectivity index (χ1) is 8.33. The predicted octanol–water partition coefficient (Wildman–Crippen LogP) is 6.17. The van der Waals surface area contributed by atoms with Crippen molar-refractivity contribution in [3.05, 3.63) is 11.9 Å². The zero-order valence-corrected chi connectivity index (χ0v) is 11.5. The Kier molecular flexibility index (Phi) is 8.38. The maximum absolute atomic E-state index is 12.8. The summed E-state index contributed by atoms with van der Waals surface area (Å²) in [5.41, 5.74) is 0. The van der Waals surface area contributed by atoms with Crippen molar-refractivity contribution in [2.24, 2.45) is 5.92 Å². The third-order valence-corrected chi connectivity index (χ3v) is 3.85. The lowest BCUT2D eigenvalue weighted by atomic mass is 9.99. The molecule has 0 saturated carbocycles. The molecule has 100 valence electrons. The molecule has 0 fully saturated rings. The molecule has 1 rings (SSSR count). The van der Waals surface area contributed by atoms with Gasteiger partial charge in [-0.1, -0.05) is 64.7 Å². The highest BCUT2D eigenvalue weighted by atomic mass is 19.1. The summed E-state index contributed by atoms with van der Waals surface area (Å²) in [4.78, 5) is 0. The molecular weight excluding hydrogens is 211 g/mol. The SMILES string of the molecule is CCCCCCCCCCCC1C=C(F)CC1. The van der Waals surface area contributed by atoms with Crippen LogP contribution in [0.15, 0.2) is 11.9 Å². The zero-order chi connectivity index (χ0) is 12.3. The standard InChI is InChI=1S/C16H29F/c1-2-3-4-5-6-7-8-9-10-11-15-12-13-16(17)14-15/h14-15H,2-13H2,1H3. The third kappa shape index (κ3) is 7.57. The lowest BCUT2D eigenvalue weighted by molar-refractivity contribution is 0.503. The Bertz CT molecular complexity index is 208. The van der Waals surface area contributed by atoms with Gasteiger partial charge in [-0.2, -0.15) is 0 Å². The van der Waals surface area contributed by atoms with Crippen LogP contribution < -0.4 is 0 Å². The average Bonchev–Trinajstić information content (AvgIpc) is 2.73. The molecule has 0 amide bonds. The number of hydrogen-bond acceptors (Lipinski definition) is 0. The summed E-state index contributed by atoms with van der Waals surface area (Å²) in [6.07, 6.45) is 17.2. The van der Waals surface area contributed by atoms with Crippen molar-refractivity contribution in [2.45, 2.75) is 84.0 Å². The van der Waals surface area contributed by atoms with E-state index in [0.29, 0.717) is 12.3 Å². The van der Waals surface area contributed by atoms with Crippen LogP contribution in [0.5, 0.6) is 0 Å². The Morgan fingerprint density at radius 1 is 1.00 bits per heavy atom. The molecule has 0 heterocycles. The summed E-state index contributed by atoms with van der Waals surface area (Å²) >= 11 is 0. The second kappa shape index (κ2) is 9.67. The lowest BCUT2D eigenvalue weighted by Crippen LogP contribution is -1.91. The van der Waals surface area contributed by atoms with Gasteiger partial charge < -0.3 is 0 Å². The van der Waals surface area contributed by atoms with E-state index >= 15 is 0 Å². The highest BCUT2D eigenvalue weighted by Gasteiger charge is 2.14. The van der Waals surface area contributed by atoms with Crippen molar-refractivity contribution in [2.75, 3.05) is 0 Å². The van der Waals surface area contributed by atoms with Gasteiger partial charge in [0.05, 0.1) is 5.83 Å². The van der Waals surface area contributed by atoms with Crippen molar-refractivity contribution in [3.8, 4) is 0 Å². The van der Waals surface area contributed by atoms with Crippen LogP contribution in [0.4, 0.5) is 4.39 Å². The number of unbranched alkanes of at least 4 members (excludes halogenated alkanes) is 8. The molecule has 0 aromatic heterocycles. The fraction of sp³-hybridized carbons (Fsp3) is 0.875. The molecule has 0 bridgehead atoms. The molecule has 0 radical (unpaired) electrons. The fourth-order valence-corrected chi connectivity index (χ4v) is 2.69. The van der Waals surface area contributed by atoms with E-state index in [0.717, 1.165) is 6.42 Å². The van der Waals surface area contributed by atoms with Gasteiger partial charge >= 0.3 is 0 Å². The normalized spacial score (nSPS) is 19.6. The molecule has 0 nitrogen and oxygen atoms in total. The first-order valence-electron chi connectivity index (χ1n) is 7.69. The molecule has 1 aliphatic carbocycles. The molecule has 1 heteroatoms. The molecular formula is C16H29F.